The lowest BCUT2D eigenvalue weighted by atomic mass is 10.1. The Balaban J connectivity index is 1.99. The molecule has 0 bridgehead atoms. The van der Waals surface area contributed by atoms with Gasteiger partial charge >= 0.3 is 6.18 Å². The van der Waals surface area contributed by atoms with Gasteiger partial charge in [0, 0.05) is 13.0 Å². The maximum Gasteiger partial charge on any atom is 0.407 e. The molecular weight excluding hydrogens is 259 g/mol. The van der Waals surface area contributed by atoms with Crippen LogP contribution in [0, 0.1) is 0 Å². The topological polar surface area (TPSA) is 51.0 Å². The van der Waals surface area contributed by atoms with Crippen molar-refractivity contribution in [3.05, 3.63) is 48.1 Å². The van der Waals surface area contributed by atoms with Crippen molar-refractivity contribution in [1.29, 1.82) is 0 Å². The second kappa shape index (κ2) is 5.83. The first kappa shape index (κ1) is 13.5. The van der Waals surface area contributed by atoms with Crippen LogP contribution in [0.1, 0.15) is 17.4 Å². The second-order valence-electron chi connectivity index (χ2n) is 3.94. The molecule has 0 aliphatic carbocycles. The minimum Gasteiger partial charge on any atom is -0.343 e. The van der Waals surface area contributed by atoms with Crippen molar-refractivity contribution >= 4 is 0 Å². The summed E-state index contributed by atoms with van der Waals surface area (Å²) in [7, 11) is 0. The Kier molecular flexibility index (Phi) is 4.16. The van der Waals surface area contributed by atoms with Crippen molar-refractivity contribution < 1.29 is 17.7 Å². The summed E-state index contributed by atoms with van der Waals surface area (Å²) in [6.45, 7) is 0.110. The molecule has 1 aromatic carbocycles. The molecule has 7 heteroatoms. The molecule has 0 amide bonds. The first-order valence-electron chi connectivity index (χ1n) is 5.67. The van der Waals surface area contributed by atoms with Crippen molar-refractivity contribution in [3.8, 4) is 0 Å². The predicted molar refractivity (Wildman–Crippen MR) is 61.2 cm³/mol. The zero-order chi connectivity index (χ0) is 13.7. The largest absolute Gasteiger partial charge is 0.407 e. The zero-order valence-electron chi connectivity index (χ0n) is 9.89. The number of rotatable bonds is 5. The van der Waals surface area contributed by atoms with E-state index in [9.17, 15) is 13.2 Å². The van der Waals surface area contributed by atoms with Crippen molar-refractivity contribution in [2.45, 2.75) is 18.6 Å². The molecule has 1 heterocycles. The Hall–Kier alpha value is -1.89. The van der Waals surface area contributed by atoms with E-state index in [2.05, 4.69) is 20.0 Å². The van der Waals surface area contributed by atoms with E-state index >= 15 is 0 Å². The van der Waals surface area contributed by atoms with Gasteiger partial charge in [0.05, 0.1) is 0 Å². The molecule has 102 valence electrons. The molecule has 1 aromatic heterocycles. The van der Waals surface area contributed by atoms with Crippen molar-refractivity contribution in [2.75, 3.05) is 6.54 Å². The fraction of sp³-hybridized carbons (Fsp3) is 0.333. The number of alkyl halides is 3. The Labute approximate surface area is 107 Å². The van der Waals surface area contributed by atoms with E-state index in [-0.39, 0.29) is 18.5 Å². The third kappa shape index (κ3) is 3.78. The molecule has 2 rings (SSSR count). The maximum atomic E-state index is 13.0. The Morgan fingerprint density at radius 2 is 1.95 bits per heavy atom. The molecule has 0 saturated carbocycles. The van der Waals surface area contributed by atoms with E-state index in [1.54, 1.807) is 18.2 Å². The number of benzene rings is 1. The fourth-order valence-corrected chi connectivity index (χ4v) is 1.70. The lowest BCUT2D eigenvalue weighted by molar-refractivity contribution is -0.157. The van der Waals surface area contributed by atoms with Gasteiger partial charge in [0.2, 0.25) is 6.39 Å². The van der Waals surface area contributed by atoms with Gasteiger partial charge in [-0.15, -0.1) is 0 Å². The van der Waals surface area contributed by atoms with E-state index in [1.807, 2.05) is 0 Å². The number of hydrogen-bond donors (Lipinski definition) is 1. The zero-order valence-corrected chi connectivity index (χ0v) is 9.89. The second-order valence-corrected chi connectivity index (χ2v) is 3.94. The number of nitrogens with zero attached hydrogens (tertiary/aromatic N) is 2. The van der Waals surface area contributed by atoms with Gasteiger partial charge < -0.3 is 9.84 Å². The van der Waals surface area contributed by atoms with Crippen LogP contribution in [0.15, 0.2) is 41.2 Å². The van der Waals surface area contributed by atoms with Gasteiger partial charge in [-0.2, -0.15) is 18.2 Å². The van der Waals surface area contributed by atoms with Gasteiger partial charge in [-0.3, -0.25) is 0 Å². The van der Waals surface area contributed by atoms with E-state index in [4.69, 9.17) is 0 Å². The van der Waals surface area contributed by atoms with E-state index in [1.165, 1.54) is 12.1 Å². The van der Waals surface area contributed by atoms with Crippen molar-refractivity contribution in [3.63, 3.8) is 0 Å². The first-order chi connectivity index (χ1) is 9.07. The van der Waals surface area contributed by atoms with Gasteiger partial charge in [-0.1, -0.05) is 35.5 Å². The van der Waals surface area contributed by atoms with Gasteiger partial charge in [-0.05, 0) is 5.56 Å². The molecule has 19 heavy (non-hydrogen) atoms. The molecule has 1 unspecified atom stereocenters. The Morgan fingerprint density at radius 3 is 2.53 bits per heavy atom. The van der Waals surface area contributed by atoms with E-state index < -0.39 is 12.2 Å². The number of aromatic nitrogens is 2. The Bertz CT molecular complexity index is 485. The average molecular weight is 271 g/mol. The third-order valence-electron chi connectivity index (χ3n) is 2.56. The summed E-state index contributed by atoms with van der Waals surface area (Å²) in [4.78, 5) is 3.75. The fourth-order valence-electron chi connectivity index (χ4n) is 1.70. The summed E-state index contributed by atoms with van der Waals surface area (Å²) in [5.41, 5.74) is 0.183. The molecule has 0 aliphatic rings. The van der Waals surface area contributed by atoms with Gasteiger partial charge in [0.15, 0.2) is 5.82 Å². The van der Waals surface area contributed by atoms with Crippen LogP contribution in [0.25, 0.3) is 0 Å². The van der Waals surface area contributed by atoms with Crippen LogP contribution in [-0.2, 0) is 6.42 Å². The van der Waals surface area contributed by atoms with Crippen molar-refractivity contribution in [1.82, 2.24) is 15.5 Å². The summed E-state index contributed by atoms with van der Waals surface area (Å²) in [5, 5.41) is 6.01. The number of halogens is 3. The summed E-state index contributed by atoms with van der Waals surface area (Å²) in [6.07, 6.45) is -2.93. The minimum atomic E-state index is -4.35. The molecule has 0 fully saturated rings. The normalized spacial score (nSPS) is 13.4. The lowest BCUT2D eigenvalue weighted by Gasteiger charge is -2.21. The number of nitrogens with one attached hydrogen (secondary N) is 1. The molecule has 0 saturated heterocycles. The van der Waals surface area contributed by atoms with Gasteiger partial charge in [0.1, 0.15) is 6.04 Å². The third-order valence-corrected chi connectivity index (χ3v) is 2.56. The van der Waals surface area contributed by atoms with E-state index in [0.717, 1.165) is 6.39 Å². The van der Waals surface area contributed by atoms with Crippen molar-refractivity contribution in [2.24, 2.45) is 0 Å². The molecule has 0 aliphatic heterocycles. The van der Waals surface area contributed by atoms with Crippen LogP contribution < -0.4 is 5.32 Å². The average Bonchev–Trinajstić information content (AvgIpc) is 2.87. The highest BCUT2D eigenvalue weighted by Crippen LogP contribution is 2.32. The highest BCUT2D eigenvalue weighted by molar-refractivity contribution is 5.20. The smallest absolute Gasteiger partial charge is 0.343 e. The van der Waals surface area contributed by atoms with Crippen LogP contribution in [0.3, 0.4) is 0 Å². The highest BCUT2D eigenvalue weighted by atomic mass is 19.4. The molecule has 0 spiro atoms. The molecule has 2 aromatic rings. The minimum absolute atomic E-state index is 0.110. The maximum absolute atomic E-state index is 13.0. The van der Waals surface area contributed by atoms with Gasteiger partial charge in [-0.25, -0.2) is 0 Å². The predicted octanol–water partition coefficient (Wildman–Crippen LogP) is 2.51. The molecule has 1 N–H and O–H groups in total. The lowest BCUT2D eigenvalue weighted by Crippen LogP contribution is -2.35. The highest BCUT2D eigenvalue weighted by Gasteiger charge is 2.40. The molecular formula is C12H12F3N3O. The molecule has 0 radical (unpaired) electrons. The van der Waals surface area contributed by atoms with Crippen LogP contribution in [0.2, 0.25) is 0 Å². The first-order valence-corrected chi connectivity index (χ1v) is 5.67. The monoisotopic (exact) mass is 271 g/mol. The molecule has 4 nitrogen and oxygen atoms in total. The summed E-state index contributed by atoms with van der Waals surface area (Å²) >= 11 is 0. The quantitative estimate of drug-likeness (QED) is 0.907. The Morgan fingerprint density at radius 1 is 1.21 bits per heavy atom. The summed E-state index contributed by atoms with van der Waals surface area (Å²) in [5.74, 6) is 0.376. The number of hydrogen-bond acceptors (Lipinski definition) is 4. The van der Waals surface area contributed by atoms with Gasteiger partial charge in [0.25, 0.3) is 0 Å². The van der Waals surface area contributed by atoms with Crippen LogP contribution in [0.4, 0.5) is 13.2 Å². The van der Waals surface area contributed by atoms with Crippen LogP contribution in [-0.4, -0.2) is 22.9 Å². The van der Waals surface area contributed by atoms with Crippen LogP contribution >= 0.6 is 0 Å². The standard InChI is InChI=1S/C12H12F3N3O/c13-12(14,15)11(9-4-2-1-3-5-9)16-7-6-10-17-8-19-18-10/h1-5,8,11,16H,6-7H2. The summed E-state index contributed by atoms with van der Waals surface area (Å²) in [6, 6.07) is 6.03. The van der Waals surface area contributed by atoms with Crippen LogP contribution in [0.5, 0.6) is 0 Å². The molecule has 1 atom stereocenters. The summed E-state index contributed by atoms with van der Waals surface area (Å²) < 4.78 is 43.4. The SMILES string of the molecule is FC(F)(F)C(NCCc1ncon1)c1ccccc1. The van der Waals surface area contributed by atoms with E-state index in [0.29, 0.717) is 5.82 Å².